The summed E-state index contributed by atoms with van der Waals surface area (Å²) >= 11 is 0. The van der Waals surface area contributed by atoms with E-state index in [1.54, 1.807) is 16.9 Å². The zero-order valence-corrected chi connectivity index (χ0v) is 12.4. The van der Waals surface area contributed by atoms with Crippen LogP contribution in [0.3, 0.4) is 0 Å². The molecule has 0 fully saturated rings. The molecule has 0 radical (unpaired) electrons. The van der Waals surface area contributed by atoms with Gasteiger partial charge in [0.05, 0.1) is 5.69 Å². The number of benzene rings is 2. The van der Waals surface area contributed by atoms with Crippen LogP contribution in [0.5, 0.6) is 0 Å². The van der Waals surface area contributed by atoms with E-state index in [4.69, 9.17) is 0 Å². The summed E-state index contributed by atoms with van der Waals surface area (Å²) in [5.74, 6) is -0.0875. The molecule has 3 rings (SSSR count). The van der Waals surface area contributed by atoms with Crippen molar-refractivity contribution in [2.45, 2.75) is 13.5 Å². The number of carbonyl (C=O) groups is 1. The Morgan fingerprint density at radius 1 is 1.14 bits per heavy atom. The van der Waals surface area contributed by atoms with Gasteiger partial charge in [-0.25, -0.2) is 4.68 Å². The lowest BCUT2D eigenvalue weighted by molar-refractivity contribution is 0.0951. The summed E-state index contributed by atoms with van der Waals surface area (Å²) in [5, 5.41) is 7.12. The summed E-state index contributed by atoms with van der Waals surface area (Å²) in [6.45, 7) is 2.56. The van der Waals surface area contributed by atoms with E-state index in [-0.39, 0.29) is 5.91 Å². The Morgan fingerprint density at radius 2 is 2.00 bits per heavy atom. The molecular formula is C18H17N3O. The molecule has 1 heterocycles. The van der Waals surface area contributed by atoms with E-state index >= 15 is 0 Å². The number of aryl methyl sites for hydroxylation is 1. The van der Waals surface area contributed by atoms with E-state index < -0.39 is 0 Å². The first-order chi connectivity index (χ1) is 10.7. The van der Waals surface area contributed by atoms with Crippen LogP contribution in [-0.2, 0) is 6.54 Å². The molecule has 0 aliphatic carbocycles. The minimum Gasteiger partial charge on any atom is -0.348 e. The van der Waals surface area contributed by atoms with Crippen LogP contribution < -0.4 is 5.32 Å². The third-order valence-electron chi connectivity index (χ3n) is 3.41. The van der Waals surface area contributed by atoms with Gasteiger partial charge in [0.25, 0.3) is 5.91 Å². The quantitative estimate of drug-likeness (QED) is 0.803. The molecule has 1 N–H and O–H groups in total. The molecular weight excluding hydrogens is 274 g/mol. The first kappa shape index (κ1) is 14.1. The second-order valence-corrected chi connectivity index (χ2v) is 5.17. The lowest BCUT2D eigenvalue weighted by Crippen LogP contribution is -2.22. The average Bonchev–Trinajstić information content (AvgIpc) is 3.07. The monoisotopic (exact) mass is 291 g/mol. The van der Waals surface area contributed by atoms with Gasteiger partial charge in [0.2, 0.25) is 0 Å². The van der Waals surface area contributed by atoms with Crippen molar-refractivity contribution >= 4 is 5.91 Å². The normalized spacial score (nSPS) is 10.4. The Balaban J connectivity index is 1.71. The molecule has 1 amide bonds. The molecule has 22 heavy (non-hydrogen) atoms. The van der Waals surface area contributed by atoms with Crippen molar-refractivity contribution in [2.24, 2.45) is 0 Å². The standard InChI is InChI=1S/C18H17N3O/c1-14-5-2-6-15(11-14)13-19-18(22)16-7-3-8-17(12-16)21-10-4-9-20-21/h2-12H,13H2,1H3,(H,19,22). The Kier molecular flexibility index (Phi) is 4.01. The second kappa shape index (κ2) is 6.26. The molecule has 0 bridgehead atoms. The number of nitrogens with one attached hydrogen (secondary N) is 1. The van der Waals surface area contributed by atoms with E-state index in [9.17, 15) is 4.79 Å². The maximum atomic E-state index is 12.3. The summed E-state index contributed by atoms with van der Waals surface area (Å²) in [6, 6.07) is 17.4. The predicted octanol–water partition coefficient (Wildman–Crippen LogP) is 3.11. The van der Waals surface area contributed by atoms with Gasteiger partial charge in [-0.15, -0.1) is 0 Å². The van der Waals surface area contributed by atoms with E-state index in [0.29, 0.717) is 12.1 Å². The highest BCUT2D eigenvalue weighted by molar-refractivity contribution is 5.94. The summed E-state index contributed by atoms with van der Waals surface area (Å²) in [4.78, 5) is 12.3. The lowest BCUT2D eigenvalue weighted by Gasteiger charge is -2.08. The Hall–Kier alpha value is -2.88. The zero-order valence-electron chi connectivity index (χ0n) is 12.4. The smallest absolute Gasteiger partial charge is 0.251 e. The van der Waals surface area contributed by atoms with Gasteiger partial charge in [-0.2, -0.15) is 5.10 Å². The predicted molar refractivity (Wildman–Crippen MR) is 85.9 cm³/mol. The summed E-state index contributed by atoms with van der Waals surface area (Å²) in [5.41, 5.74) is 3.78. The van der Waals surface area contributed by atoms with Crippen LogP contribution in [0.15, 0.2) is 67.0 Å². The first-order valence-electron chi connectivity index (χ1n) is 7.16. The van der Waals surface area contributed by atoms with Crippen LogP contribution in [0.4, 0.5) is 0 Å². The highest BCUT2D eigenvalue weighted by atomic mass is 16.1. The van der Waals surface area contributed by atoms with Crippen LogP contribution in [0.1, 0.15) is 21.5 Å². The summed E-state index contributed by atoms with van der Waals surface area (Å²) < 4.78 is 1.73. The van der Waals surface area contributed by atoms with Gasteiger partial charge >= 0.3 is 0 Å². The molecule has 3 aromatic rings. The Labute approximate surface area is 129 Å². The first-order valence-corrected chi connectivity index (χ1v) is 7.16. The number of rotatable bonds is 4. The molecule has 0 atom stereocenters. The molecule has 4 nitrogen and oxygen atoms in total. The number of aromatic nitrogens is 2. The number of hydrogen-bond acceptors (Lipinski definition) is 2. The van der Waals surface area contributed by atoms with Crippen molar-refractivity contribution in [3.63, 3.8) is 0 Å². The van der Waals surface area contributed by atoms with Gasteiger partial charge in [-0.3, -0.25) is 4.79 Å². The van der Waals surface area contributed by atoms with Crippen molar-refractivity contribution in [2.75, 3.05) is 0 Å². The molecule has 1 aromatic heterocycles. The molecule has 0 aliphatic heterocycles. The highest BCUT2D eigenvalue weighted by Crippen LogP contribution is 2.10. The van der Waals surface area contributed by atoms with Crippen LogP contribution in [0.2, 0.25) is 0 Å². The van der Waals surface area contributed by atoms with Crippen molar-refractivity contribution in [3.05, 3.63) is 83.7 Å². The number of amides is 1. The Morgan fingerprint density at radius 3 is 2.77 bits per heavy atom. The minimum atomic E-state index is -0.0875. The molecule has 0 unspecified atom stereocenters. The van der Waals surface area contributed by atoms with Gasteiger partial charge in [-0.1, -0.05) is 35.9 Å². The topological polar surface area (TPSA) is 46.9 Å². The van der Waals surface area contributed by atoms with Gasteiger partial charge in [0.1, 0.15) is 0 Å². The summed E-state index contributed by atoms with van der Waals surface area (Å²) in [7, 11) is 0. The highest BCUT2D eigenvalue weighted by Gasteiger charge is 2.07. The molecule has 0 saturated carbocycles. The molecule has 110 valence electrons. The van der Waals surface area contributed by atoms with Crippen LogP contribution in [-0.4, -0.2) is 15.7 Å². The van der Waals surface area contributed by atoms with E-state index in [1.807, 2.05) is 55.6 Å². The fourth-order valence-electron chi connectivity index (χ4n) is 2.32. The maximum absolute atomic E-state index is 12.3. The SMILES string of the molecule is Cc1cccc(CNC(=O)c2cccc(-n3cccn3)c2)c1. The third-order valence-corrected chi connectivity index (χ3v) is 3.41. The molecule has 4 heteroatoms. The van der Waals surface area contributed by atoms with Crippen molar-refractivity contribution < 1.29 is 4.79 Å². The number of carbonyl (C=O) groups excluding carboxylic acids is 1. The third kappa shape index (κ3) is 3.23. The Bertz CT molecular complexity index is 779. The van der Waals surface area contributed by atoms with Gasteiger partial charge < -0.3 is 5.32 Å². The van der Waals surface area contributed by atoms with Crippen LogP contribution >= 0.6 is 0 Å². The van der Waals surface area contributed by atoms with Crippen molar-refractivity contribution in [1.29, 1.82) is 0 Å². The average molecular weight is 291 g/mol. The van der Waals surface area contributed by atoms with Crippen LogP contribution in [0.25, 0.3) is 5.69 Å². The fraction of sp³-hybridized carbons (Fsp3) is 0.111. The van der Waals surface area contributed by atoms with Gasteiger partial charge in [0, 0.05) is 24.5 Å². The number of nitrogens with zero attached hydrogens (tertiary/aromatic N) is 2. The molecule has 0 saturated heterocycles. The van der Waals surface area contributed by atoms with Crippen molar-refractivity contribution in [3.8, 4) is 5.69 Å². The zero-order chi connectivity index (χ0) is 15.4. The van der Waals surface area contributed by atoms with Gasteiger partial charge in [-0.05, 0) is 36.8 Å². The van der Waals surface area contributed by atoms with E-state index in [2.05, 4.69) is 16.5 Å². The van der Waals surface area contributed by atoms with E-state index in [0.717, 1.165) is 11.3 Å². The summed E-state index contributed by atoms with van der Waals surface area (Å²) in [6.07, 6.45) is 3.56. The molecule has 0 spiro atoms. The minimum absolute atomic E-state index is 0.0875. The van der Waals surface area contributed by atoms with Crippen LogP contribution in [0, 0.1) is 6.92 Å². The van der Waals surface area contributed by atoms with E-state index in [1.165, 1.54) is 5.56 Å². The molecule has 2 aromatic carbocycles. The van der Waals surface area contributed by atoms with Gasteiger partial charge in [0.15, 0.2) is 0 Å². The molecule has 0 aliphatic rings. The lowest BCUT2D eigenvalue weighted by atomic mass is 10.1. The largest absolute Gasteiger partial charge is 0.348 e. The second-order valence-electron chi connectivity index (χ2n) is 5.17. The fourth-order valence-corrected chi connectivity index (χ4v) is 2.32. The van der Waals surface area contributed by atoms with Crippen molar-refractivity contribution in [1.82, 2.24) is 15.1 Å². The maximum Gasteiger partial charge on any atom is 0.251 e. The number of hydrogen-bond donors (Lipinski definition) is 1.